The normalized spacial score (nSPS) is 13.5. The quantitative estimate of drug-likeness (QED) is 0.628. The number of hydrogen-bond acceptors (Lipinski definition) is 3. The van der Waals surface area contributed by atoms with Gasteiger partial charge in [0.05, 0.1) is 0 Å². The number of nitrogens with two attached hydrogens (primary N) is 1. The monoisotopic (exact) mass is 239 g/mol. The minimum atomic E-state index is -0.995. The zero-order chi connectivity index (χ0) is 12.3. The maximum Gasteiger partial charge on any atom is 0.331 e. The van der Waals surface area contributed by atoms with Crippen LogP contribution in [0.1, 0.15) is 26.3 Å². The van der Waals surface area contributed by atoms with Crippen LogP contribution in [0.4, 0.5) is 0 Å². The number of aliphatic carboxylic acids is 1. The third kappa shape index (κ3) is 3.54. The predicted molar refractivity (Wildman–Crippen MR) is 66.6 cm³/mol. The van der Waals surface area contributed by atoms with E-state index in [9.17, 15) is 4.79 Å². The molecule has 1 rings (SSSR count). The van der Waals surface area contributed by atoms with Crippen LogP contribution < -0.4 is 5.73 Å². The van der Waals surface area contributed by atoms with Crippen LogP contribution in [-0.4, -0.2) is 16.4 Å². The maximum atomic E-state index is 10.6. The van der Waals surface area contributed by atoms with E-state index < -0.39 is 11.3 Å². The SMILES string of the molecule is CC(C)(C)c1ccc(SC(N)C(=O)O)cc1. The van der Waals surface area contributed by atoms with Crippen molar-refractivity contribution < 1.29 is 9.90 Å². The van der Waals surface area contributed by atoms with Gasteiger partial charge in [-0.05, 0) is 23.1 Å². The van der Waals surface area contributed by atoms with Gasteiger partial charge in [-0.1, -0.05) is 44.7 Å². The van der Waals surface area contributed by atoms with Gasteiger partial charge in [0.2, 0.25) is 0 Å². The fourth-order valence-corrected chi connectivity index (χ4v) is 1.92. The summed E-state index contributed by atoms with van der Waals surface area (Å²) < 4.78 is 0. The van der Waals surface area contributed by atoms with E-state index in [1.54, 1.807) is 0 Å². The zero-order valence-corrected chi connectivity index (χ0v) is 10.5. The molecule has 0 aliphatic carbocycles. The van der Waals surface area contributed by atoms with Gasteiger partial charge in [0, 0.05) is 4.90 Å². The first-order valence-corrected chi connectivity index (χ1v) is 5.94. The minimum Gasteiger partial charge on any atom is -0.479 e. The first-order valence-electron chi connectivity index (χ1n) is 5.06. The van der Waals surface area contributed by atoms with Crippen LogP contribution in [0, 0.1) is 0 Å². The lowest BCUT2D eigenvalue weighted by Gasteiger charge is -2.19. The molecule has 88 valence electrons. The van der Waals surface area contributed by atoms with Crippen molar-refractivity contribution in [1.29, 1.82) is 0 Å². The van der Waals surface area contributed by atoms with Gasteiger partial charge in [-0.2, -0.15) is 0 Å². The Hall–Kier alpha value is -1.00. The molecule has 3 N–H and O–H groups in total. The summed E-state index contributed by atoms with van der Waals surface area (Å²) in [7, 11) is 0. The lowest BCUT2D eigenvalue weighted by Crippen LogP contribution is -2.25. The summed E-state index contributed by atoms with van der Waals surface area (Å²) in [4.78, 5) is 11.5. The largest absolute Gasteiger partial charge is 0.479 e. The van der Waals surface area contributed by atoms with Gasteiger partial charge in [-0.15, -0.1) is 0 Å². The molecule has 0 saturated heterocycles. The Morgan fingerprint density at radius 3 is 2.19 bits per heavy atom. The van der Waals surface area contributed by atoms with E-state index >= 15 is 0 Å². The van der Waals surface area contributed by atoms with E-state index in [-0.39, 0.29) is 5.41 Å². The highest BCUT2D eigenvalue weighted by molar-refractivity contribution is 8.00. The zero-order valence-electron chi connectivity index (χ0n) is 9.73. The first-order chi connectivity index (χ1) is 7.30. The van der Waals surface area contributed by atoms with E-state index in [0.29, 0.717) is 0 Å². The molecule has 0 aromatic heterocycles. The average Bonchev–Trinajstić information content (AvgIpc) is 2.17. The number of carboxylic acid groups (broad SMARTS) is 1. The summed E-state index contributed by atoms with van der Waals surface area (Å²) in [5.74, 6) is -0.995. The second-order valence-corrected chi connectivity index (χ2v) is 5.87. The van der Waals surface area contributed by atoms with Crippen molar-refractivity contribution >= 4 is 17.7 Å². The number of thioether (sulfide) groups is 1. The predicted octanol–water partition coefficient (Wildman–Crippen LogP) is 2.45. The second kappa shape index (κ2) is 4.89. The molecular weight excluding hydrogens is 222 g/mol. The Labute approximate surface area is 100 Å². The number of benzene rings is 1. The van der Waals surface area contributed by atoms with Crippen molar-refractivity contribution in [3.05, 3.63) is 29.8 Å². The van der Waals surface area contributed by atoms with Crippen molar-refractivity contribution in [1.82, 2.24) is 0 Å². The highest BCUT2D eigenvalue weighted by atomic mass is 32.2. The molecule has 1 atom stereocenters. The molecular formula is C12H17NO2S. The minimum absolute atomic E-state index is 0.109. The smallest absolute Gasteiger partial charge is 0.331 e. The van der Waals surface area contributed by atoms with Gasteiger partial charge in [0.15, 0.2) is 5.37 Å². The average molecular weight is 239 g/mol. The van der Waals surface area contributed by atoms with Crippen LogP contribution in [0.3, 0.4) is 0 Å². The summed E-state index contributed by atoms with van der Waals surface area (Å²) in [5.41, 5.74) is 6.77. The first kappa shape index (κ1) is 13.1. The molecule has 1 aromatic rings. The molecule has 0 radical (unpaired) electrons. The number of rotatable bonds is 3. The Morgan fingerprint density at radius 2 is 1.81 bits per heavy atom. The van der Waals surface area contributed by atoms with Crippen LogP contribution >= 0.6 is 11.8 Å². The summed E-state index contributed by atoms with van der Waals surface area (Å²) in [6.45, 7) is 6.41. The molecule has 0 bridgehead atoms. The number of carboxylic acids is 1. The molecule has 1 aromatic carbocycles. The van der Waals surface area contributed by atoms with Crippen molar-refractivity contribution in [2.24, 2.45) is 5.73 Å². The fraction of sp³-hybridized carbons (Fsp3) is 0.417. The molecule has 0 aliphatic rings. The van der Waals surface area contributed by atoms with Crippen molar-refractivity contribution in [3.63, 3.8) is 0 Å². The lowest BCUT2D eigenvalue weighted by molar-refractivity contribution is -0.136. The van der Waals surface area contributed by atoms with Crippen LogP contribution in [0.15, 0.2) is 29.2 Å². The van der Waals surface area contributed by atoms with Crippen molar-refractivity contribution in [2.45, 2.75) is 36.5 Å². The number of carbonyl (C=O) groups is 1. The molecule has 0 heterocycles. The molecule has 16 heavy (non-hydrogen) atoms. The van der Waals surface area contributed by atoms with Gasteiger partial charge in [-0.3, -0.25) is 0 Å². The fourth-order valence-electron chi connectivity index (χ4n) is 1.23. The Bertz CT molecular complexity index is 368. The van der Waals surface area contributed by atoms with Crippen LogP contribution in [0.25, 0.3) is 0 Å². The van der Waals surface area contributed by atoms with Crippen molar-refractivity contribution in [2.75, 3.05) is 0 Å². The summed E-state index contributed by atoms with van der Waals surface area (Å²) in [6, 6.07) is 7.84. The van der Waals surface area contributed by atoms with Crippen LogP contribution in [0.2, 0.25) is 0 Å². The molecule has 0 amide bonds. The lowest BCUT2D eigenvalue weighted by atomic mass is 9.87. The highest BCUT2D eigenvalue weighted by Gasteiger charge is 2.15. The van der Waals surface area contributed by atoms with Gasteiger partial charge in [-0.25, -0.2) is 4.79 Å². The van der Waals surface area contributed by atoms with Gasteiger partial charge < -0.3 is 10.8 Å². The van der Waals surface area contributed by atoms with E-state index in [1.165, 1.54) is 5.56 Å². The van der Waals surface area contributed by atoms with Gasteiger partial charge >= 0.3 is 5.97 Å². The van der Waals surface area contributed by atoms with E-state index in [1.807, 2.05) is 24.3 Å². The summed E-state index contributed by atoms with van der Waals surface area (Å²) in [6.07, 6.45) is 0. The standard InChI is InChI=1S/C12H17NO2S/c1-12(2,3)8-4-6-9(7-5-8)16-10(13)11(14)15/h4-7,10H,13H2,1-3H3,(H,14,15). The highest BCUT2D eigenvalue weighted by Crippen LogP contribution is 2.26. The molecule has 3 nitrogen and oxygen atoms in total. The second-order valence-electron chi connectivity index (χ2n) is 4.65. The van der Waals surface area contributed by atoms with E-state index in [4.69, 9.17) is 10.8 Å². The molecule has 0 fully saturated rings. The summed E-state index contributed by atoms with van der Waals surface area (Å²) in [5, 5.41) is 7.78. The third-order valence-electron chi connectivity index (χ3n) is 2.23. The molecule has 0 aliphatic heterocycles. The molecule has 1 unspecified atom stereocenters. The van der Waals surface area contributed by atoms with E-state index in [2.05, 4.69) is 20.8 Å². The maximum absolute atomic E-state index is 10.6. The van der Waals surface area contributed by atoms with Crippen molar-refractivity contribution in [3.8, 4) is 0 Å². The molecule has 0 saturated carbocycles. The van der Waals surface area contributed by atoms with Gasteiger partial charge in [0.25, 0.3) is 0 Å². The summed E-state index contributed by atoms with van der Waals surface area (Å²) >= 11 is 1.15. The Balaban J connectivity index is 2.76. The Morgan fingerprint density at radius 1 is 1.31 bits per heavy atom. The third-order valence-corrected chi connectivity index (χ3v) is 3.23. The number of hydrogen-bond donors (Lipinski definition) is 2. The topological polar surface area (TPSA) is 63.3 Å². The molecule has 4 heteroatoms. The van der Waals surface area contributed by atoms with Gasteiger partial charge in [0.1, 0.15) is 0 Å². The van der Waals surface area contributed by atoms with Crippen LogP contribution in [0.5, 0.6) is 0 Å². The Kier molecular flexibility index (Phi) is 3.99. The van der Waals surface area contributed by atoms with E-state index in [0.717, 1.165) is 16.7 Å². The van der Waals surface area contributed by atoms with Crippen LogP contribution in [-0.2, 0) is 10.2 Å². The molecule has 0 spiro atoms.